The van der Waals surface area contributed by atoms with Gasteiger partial charge < -0.3 is 14.8 Å². The third kappa shape index (κ3) is 3.52. The molecule has 2 aromatic rings. The van der Waals surface area contributed by atoms with Gasteiger partial charge in [0.1, 0.15) is 12.7 Å². The topological polar surface area (TPSA) is 47.6 Å². The third-order valence-electron chi connectivity index (χ3n) is 3.40. The molecule has 1 amide bonds. The summed E-state index contributed by atoms with van der Waals surface area (Å²) in [5.74, 6) is 1.36. The van der Waals surface area contributed by atoms with Crippen molar-refractivity contribution in [3.63, 3.8) is 0 Å². The molecule has 3 rings (SSSR count). The Morgan fingerprint density at radius 2 is 1.86 bits per heavy atom. The number of carbonyl (C=O) groups excluding carboxylic acids is 1. The lowest BCUT2D eigenvalue weighted by Gasteiger charge is -2.26. The minimum Gasteiger partial charge on any atom is -0.486 e. The van der Waals surface area contributed by atoms with Gasteiger partial charge in [0.2, 0.25) is 5.91 Å². The highest BCUT2D eigenvalue weighted by atomic mass is 35.5. The van der Waals surface area contributed by atoms with E-state index in [0.29, 0.717) is 23.9 Å². The Kier molecular flexibility index (Phi) is 4.49. The predicted molar refractivity (Wildman–Crippen MR) is 84.5 cm³/mol. The van der Waals surface area contributed by atoms with Crippen LogP contribution in [-0.4, -0.2) is 25.2 Å². The van der Waals surface area contributed by atoms with E-state index in [0.717, 1.165) is 11.3 Å². The zero-order valence-electron chi connectivity index (χ0n) is 11.9. The van der Waals surface area contributed by atoms with Gasteiger partial charge in [-0.15, -0.1) is 0 Å². The highest BCUT2D eigenvalue weighted by molar-refractivity contribution is 6.31. The standard InChI is InChI=1S/C17H16ClNO3/c18-14-6-2-1-5-12(14)9-17(20)19-10-13-11-21-15-7-3-4-8-16(15)22-13/h1-8,13H,9-11H2,(H,19,20)/t13-/m1/s1. The quantitative estimate of drug-likeness (QED) is 0.943. The van der Waals surface area contributed by atoms with Crippen molar-refractivity contribution in [3.05, 3.63) is 59.1 Å². The van der Waals surface area contributed by atoms with Crippen LogP contribution in [0.3, 0.4) is 0 Å². The summed E-state index contributed by atoms with van der Waals surface area (Å²) in [5.41, 5.74) is 0.813. The summed E-state index contributed by atoms with van der Waals surface area (Å²) in [6, 6.07) is 14.8. The van der Waals surface area contributed by atoms with E-state index in [9.17, 15) is 4.79 Å². The number of fused-ring (bicyclic) bond motifs is 1. The fraction of sp³-hybridized carbons (Fsp3) is 0.235. The molecule has 1 N–H and O–H groups in total. The van der Waals surface area contributed by atoms with Crippen molar-refractivity contribution in [2.75, 3.05) is 13.2 Å². The van der Waals surface area contributed by atoms with Gasteiger partial charge in [-0.05, 0) is 23.8 Å². The fourth-order valence-electron chi connectivity index (χ4n) is 2.27. The van der Waals surface area contributed by atoms with Crippen LogP contribution >= 0.6 is 11.6 Å². The number of para-hydroxylation sites is 2. The maximum atomic E-state index is 12.0. The lowest BCUT2D eigenvalue weighted by Crippen LogP contribution is -2.41. The molecule has 2 aromatic carbocycles. The molecular weight excluding hydrogens is 302 g/mol. The molecule has 0 aliphatic carbocycles. The maximum absolute atomic E-state index is 12.0. The van der Waals surface area contributed by atoms with E-state index in [1.165, 1.54) is 0 Å². The van der Waals surface area contributed by atoms with Crippen LogP contribution in [0.1, 0.15) is 5.56 Å². The average molecular weight is 318 g/mol. The first-order chi connectivity index (χ1) is 10.7. The molecule has 1 atom stereocenters. The third-order valence-corrected chi connectivity index (χ3v) is 3.77. The van der Waals surface area contributed by atoms with E-state index in [-0.39, 0.29) is 18.4 Å². The second-order valence-corrected chi connectivity index (χ2v) is 5.48. The van der Waals surface area contributed by atoms with Crippen molar-refractivity contribution in [3.8, 4) is 11.5 Å². The Morgan fingerprint density at radius 1 is 1.14 bits per heavy atom. The summed E-state index contributed by atoms with van der Waals surface area (Å²) in [4.78, 5) is 12.0. The van der Waals surface area contributed by atoms with E-state index in [2.05, 4.69) is 5.32 Å². The van der Waals surface area contributed by atoms with Crippen LogP contribution in [0.25, 0.3) is 0 Å². The van der Waals surface area contributed by atoms with Crippen molar-refractivity contribution in [2.45, 2.75) is 12.5 Å². The molecule has 0 radical (unpaired) electrons. The molecule has 0 saturated carbocycles. The number of hydrogen-bond donors (Lipinski definition) is 1. The summed E-state index contributed by atoms with van der Waals surface area (Å²) < 4.78 is 11.4. The highest BCUT2D eigenvalue weighted by Crippen LogP contribution is 2.30. The van der Waals surface area contributed by atoms with Gasteiger partial charge in [0.05, 0.1) is 13.0 Å². The number of halogens is 1. The number of amides is 1. The Hall–Kier alpha value is -2.20. The van der Waals surface area contributed by atoms with Crippen LogP contribution < -0.4 is 14.8 Å². The molecular formula is C17H16ClNO3. The number of benzene rings is 2. The average Bonchev–Trinajstić information content (AvgIpc) is 2.55. The van der Waals surface area contributed by atoms with Gasteiger partial charge in [-0.1, -0.05) is 41.9 Å². The summed E-state index contributed by atoms with van der Waals surface area (Å²) in [6.07, 6.45) is 0.0641. The zero-order valence-corrected chi connectivity index (χ0v) is 12.7. The second kappa shape index (κ2) is 6.71. The molecule has 0 aromatic heterocycles. The minimum absolute atomic E-state index is 0.0874. The van der Waals surface area contributed by atoms with Crippen molar-refractivity contribution in [1.29, 1.82) is 0 Å². The Morgan fingerprint density at radius 3 is 2.68 bits per heavy atom. The van der Waals surface area contributed by atoms with Gasteiger partial charge in [-0.2, -0.15) is 0 Å². The van der Waals surface area contributed by atoms with E-state index in [4.69, 9.17) is 21.1 Å². The first-order valence-electron chi connectivity index (χ1n) is 7.11. The smallest absolute Gasteiger partial charge is 0.224 e. The molecule has 0 spiro atoms. The summed E-state index contributed by atoms with van der Waals surface area (Å²) in [5, 5.41) is 3.46. The van der Waals surface area contributed by atoms with Gasteiger partial charge >= 0.3 is 0 Å². The Labute approximate surface area is 134 Å². The van der Waals surface area contributed by atoms with Crippen LogP contribution in [0.2, 0.25) is 5.02 Å². The number of ether oxygens (including phenoxy) is 2. The molecule has 4 nitrogen and oxygen atoms in total. The first kappa shape index (κ1) is 14.7. The van der Waals surface area contributed by atoms with Crippen LogP contribution in [0, 0.1) is 0 Å². The zero-order chi connectivity index (χ0) is 15.4. The van der Waals surface area contributed by atoms with Gasteiger partial charge in [0, 0.05) is 5.02 Å². The number of rotatable bonds is 4. The molecule has 0 bridgehead atoms. The monoisotopic (exact) mass is 317 g/mol. The summed E-state index contributed by atoms with van der Waals surface area (Å²) in [6.45, 7) is 0.820. The lowest BCUT2D eigenvalue weighted by molar-refractivity contribution is -0.120. The molecule has 0 saturated heterocycles. The van der Waals surface area contributed by atoms with E-state index < -0.39 is 0 Å². The minimum atomic E-state index is -0.190. The molecule has 1 heterocycles. The Balaban J connectivity index is 1.51. The second-order valence-electron chi connectivity index (χ2n) is 5.07. The van der Waals surface area contributed by atoms with E-state index >= 15 is 0 Å². The van der Waals surface area contributed by atoms with Crippen LogP contribution in [0.5, 0.6) is 11.5 Å². The molecule has 114 valence electrons. The predicted octanol–water partition coefficient (Wildman–Crippen LogP) is 2.84. The summed E-state index contributed by atoms with van der Waals surface area (Å²) >= 11 is 6.05. The number of nitrogens with one attached hydrogen (secondary N) is 1. The van der Waals surface area contributed by atoms with Crippen LogP contribution in [-0.2, 0) is 11.2 Å². The SMILES string of the molecule is O=C(Cc1ccccc1Cl)NC[C@@H]1COc2ccccc2O1. The van der Waals surface area contributed by atoms with Crippen molar-refractivity contribution < 1.29 is 14.3 Å². The van der Waals surface area contributed by atoms with E-state index in [1.54, 1.807) is 6.07 Å². The lowest BCUT2D eigenvalue weighted by atomic mass is 10.1. The maximum Gasteiger partial charge on any atom is 0.224 e. The molecule has 1 aliphatic heterocycles. The van der Waals surface area contributed by atoms with Gasteiger partial charge in [0.15, 0.2) is 11.5 Å². The molecule has 22 heavy (non-hydrogen) atoms. The Bertz CT molecular complexity index is 674. The highest BCUT2D eigenvalue weighted by Gasteiger charge is 2.21. The van der Waals surface area contributed by atoms with Gasteiger partial charge in [0.25, 0.3) is 0 Å². The van der Waals surface area contributed by atoms with Gasteiger partial charge in [-0.3, -0.25) is 4.79 Å². The van der Waals surface area contributed by atoms with Crippen molar-refractivity contribution in [2.24, 2.45) is 0 Å². The first-order valence-corrected chi connectivity index (χ1v) is 7.49. The van der Waals surface area contributed by atoms with Crippen LogP contribution in [0.4, 0.5) is 0 Å². The van der Waals surface area contributed by atoms with Crippen molar-refractivity contribution >= 4 is 17.5 Å². The fourth-order valence-corrected chi connectivity index (χ4v) is 2.47. The molecule has 1 aliphatic rings. The largest absolute Gasteiger partial charge is 0.486 e. The van der Waals surface area contributed by atoms with Crippen molar-refractivity contribution in [1.82, 2.24) is 5.32 Å². The molecule has 0 unspecified atom stereocenters. The normalized spacial score (nSPS) is 16.1. The van der Waals surface area contributed by atoms with E-state index in [1.807, 2.05) is 42.5 Å². The van der Waals surface area contributed by atoms with Crippen LogP contribution in [0.15, 0.2) is 48.5 Å². The molecule has 0 fully saturated rings. The number of carbonyl (C=O) groups is 1. The summed E-state index contributed by atoms with van der Waals surface area (Å²) in [7, 11) is 0. The molecule has 5 heteroatoms. The number of hydrogen-bond acceptors (Lipinski definition) is 3. The van der Waals surface area contributed by atoms with Gasteiger partial charge in [-0.25, -0.2) is 0 Å².